The molecule has 0 bridgehead atoms. The van der Waals surface area contributed by atoms with E-state index in [1.54, 1.807) is 0 Å². The Morgan fingerprint density at radius 1 is 1.50 bits per heavy atom. The molecular formula is C4H9Cl2O4PSi. The highest BCUT2D eigenvalue weighted by atomic mass is 35.5. The van der Waals surface area contributed by atoms with Crippen molar-refractivity contribution in [2.45, 2.75) is 13.8 Å². The molecule has 72 valence electrons. The Hall–Kier alpha value is 0.647. The van der Waals surface area contributed by atoms with Crippen molar-refractivity contribution in [1.82, 2.24) is 0 Å². The van der Waals surface area contributed by atoms with E-state index in [2.05, 4.69) is 8.15 Å². The van der Waals surface area contributed by atoms with Gasteiger partial charge in [-0.2, -0.15) is 8.15 Å². The molecule has 0 aliphatic rings. The van der Waals surface area contributed by atoms with E-state index in [1.165, 1.54) is 0 Å². The number of halogens is 2. The molecule has 0 radical (unpaired) electrons. The SMILES string of the molecule is CC=C(C)[SiH2]OP(=O)(OCl)OCl. The number of hydrogen-bond acceptors (Lipinski definition) is 4. The van der Waals surface area contributed by atoms with E-state index >= 15 is 0 Å². The third kappa shape index (κ3) is 4.62. The molecule has 0 aliphatic heterocycles. The number of rotatable bonds is 5. The lowest BCUT2D eigenvalue weighted by Gasteiger charge is -2.09. The van der Waals surface area contributed by atoms with Crippen molar-refractivity contribution in [3.05, 3.63) is 11.3 Å². The number of phosphoric acid groups is 1. The molecule has 0 spiro atoms. The first-order valence-electron chi connectivity index (χ1n) is 3.05. The van der Waals surface area contributed by atoms with Gasteiger partial charge in [-0.05, 0) is 13.8 Å². The largest absolute Gasteiger partial charge is 0.497 e. The summed E-state index contributed by atoms with van der Waals surface area (Å²) in [6.07, 6.45) is 1.85. The minimum Gasteiger partial charge on any atom is -0.330 e. The van der Waals surface area contributed by atoms with E-state index in [9.17, 15) is 4.57 Å². The quantitative estimate of drug-likeness (QED) is 0.556. The monoisotopic (exact) mass is 250 g/mol. The Bertz CT molecular complexity index is 201. The standard InChI is InChI=1S/C4H9Cl2O4PSi/c1-3-4(2)12-10-11(7,8-5)9-6/h3H,12H2,1-2H3. The molecule has 0 aliphatic carbocycles. The first kappa shape index (κ1) is 12.6. The molecule has 0 amide bonds. The summed E-state index contributed by atoms with van der Waals surface area (Å²) < 4.78 is 23.7. The van der Waals surface area contributed by atoms with Gasteiger partial charge in [-0.3, -0.25) is 0 Å². The lowest BCUT2D eigenvalue weighted by Crippen LogP contribution is -1.99. The van der Waals surface area contributed by atoms with Crippen molar-refractivity contribution >= 4 is 41.3 Å². The molecule has 0 aromatic rings. The van der Waals surface area contributed by atoms with Gasteiger partial charge in [0.25, 0.3) is 0 Å². The van der Waals surface area contributed by atoms with Crippen molar-refractivity contribution in [3.8, 4) is 0 Å². The lowest BCUT2D eigenvalue weighted by molar-refractivity contribution is 0.326. The second kappa shape index (κ2) is 6.15. The van der Waals surface area contributed by atoms with Gasteiger partial charge in [0, 0.05) is 0 Å². The molecule has 0 N–H and O–H groups in total. The lowest BCUT2D eigenvalue weighted by atomic mass is 10.6. The minimum absolute atomic E-state index is 0.998. The van der Waals surface area contributed by atoms with Crippen LogP contribution < -0.4 is 0 Å². The third-order valence-electron chi connectivity index (χ3n) is 1.11. The van der Waals surface area contributed by atoms with Crippen LogP contribution in [0.5, 0.6) is 0 Å². The number of allylic oxidation sites excluding steroid dienone is 2. The minimum atomic E-state index is -3.70. The highest BCUT2D eigenvalue weighted by Gasteiger charge is 2.25. The van der Waals surface area contributed by atoms with Crippen LogP contribution in [0.15, 0.2) is 11.3 Å². The van der Waals surface area contributed by atoms with Gasteiger partial charge < -0.3 is 4.21 Å². The fourth-order valence-corrected chi connectivity index (χ4v) is 3.24. The Labute approximate surface area is 83.7 Å². The highest BCUT2D eigenvalue weighted by molar-refractivity contribution is 7.51. The molecule has 0 saturated heterocycles. The normalized spacial score (nSPS) is 14.5. The van der Waals surface area contributed by atoms with Gasteiger partial charge in [0.05, 0.1) is 23.7 Å². The second-order valence-corrected chi connectivity index (χ2v) is 6.43. The zero-order valence-corrected chi connectivity index (χ0v) is 10.4. The first-order chi connectivity index (χ1) is 5.58. The molecule has 0 aromatic heterocycles. The van der Waals surface area contributed by atoms with Crippen molar-refractivity contribution in [1.29, 1.82) is 0 Å². The summed E-state index contributed by atoms with van der Waals surface area (Å²) in [4.78, 5) is 0. The Morgan fingerprint density at radius 3 is 2.33 bits per heavy atom. The zero-order valence-electron chi connectivity index (χ0n) is 6.62. The van der Waals surface area contributed by atoms with E-state index in [1.807, 2.05) is 19.9 Å². The molecule has 0 aromatic carbocycles. The third-order valence-corrected chi connectivity index (χ3v) is 5.11. The first-order valence-corrected chi connectivity index (χ1v) is 6.41. The molecule has 0 fully saturated rings. The summed E-state index contributed by atoms with van der Waals surface area (Å²) in [5.41, 5.74) is 0. The van der Waals surface area contributed by atoms with Crippen LogP contribution in [-0.2, 0) is 16.9 Å². The van der Waals surface area contributed by atoms with Crippen LogP contribution >= 0.6 is 31.6 Å². The molecule has 12 heavy (non-hydrogen) atoms. The van der Waals surface area contributed by atoms with Crippen molar-refractivity contribution < 1.29 is 16.9 Å². The smallest absolute Gasteiger partial charge is 0.330 e. The van der Waals surface area contributed by atoms with Gasteiger partial charge in [0.1, 0.15) is 0 Å². The van der Waals surface area contributed by atoms with Crippen LogP contribution in [0, 0.1) is 0 Å². The predicted octanol–water partition coefficient (Wildman–Crippen LogP) is 2.46. The van der Waals surface area contributed by atoms with E-state index in [4.69, 9.17) is 27.9 Å². The van der Waals surface area contributed by atoms with Gasteiger partial charge in [0.2, 0.25) is 9.76 Å². The van der Waals surface area contributed by atoms with Crippen LogP contribution in [0.4, 0.5) is 0 Å². The molecule has 0 rings (SSSR count). The summed E-state index contributed by atoms with van der Waals surface area (Å²) >= 11 is 9.68. The molecule has 4 nitrogen and oxygen atoms in total. The summed E-state index contributed by atoms with van der Waals surface area (Å²) in [7, 11) is -4.81. The zero-order chi connectivity index (χ0) is 9.61. The van der Waals surface area contributed by atoms with Crippen LogP contribution in [0.2, 0.25) is 0 Å². The van der Waals surface area contributed by atoms with Gasteiger partial charge in [0.15, 0.2) is 0 Å². The summed E-state index contributed by atoms with van der Waals surface area (Å²) in [5.74, 6) is 0. The predicted molar refractivity (Wildman–Crippen MR) is 50.5 cm³/mol. The van der Waals surface area contributed by atoms with Gasteiger partial charge in [-0.25, -0.2) is 4.57 Å². The Kier molecular flexibility index (Phi) is 6.49. The van der Waals surface area contributed by atoms with E-state index in [-0.39, 0.29) is 0 Å². The Morgan fingerprint density at radius 2 is 2.00 bits per heavy atom. The van der Waals surface area contributed by atoms with Crippen molar-refractivity contribution in [3.63, 3.8) is 0 Å². The molecule has 0 unspecified atom stereocenters. The average molecular weight is 251 g/mol. The van der Waals surface area contributed by atoms with Crippen molar-refractivity contribution in [2.75, 3.05) is 0 Å². The fourth-order valence-electron chi connectivity index (χ4n) is 0.315. The summed E-state index contributed by atoms with van der Waals surface area (Å²) in [6, 6.07) is 0. The molecule has 0 saturated carbocycles. The van der Waals surface area contributed by atoms with Crippen LogP contribution in [0.25, 0.3) is 0 Å². The molecule has 0 atom stereocenters. The van der Waals surface area contributed by atoms with Gasteiger partial charge in [-0.15, -0.1) is 0 Å². The van der Waals surface area contributed by atoms with Crippen LogP contribution in [-0.4, -0.2) is 9.76 Å². The second-order valence-electron chi connectivity index (χ2n) is 1.99. The van der Waals surface area contributed by atoms with E-state index < -0.39 is 17.6 Å². The maximum atomic E-state index is 11.0. The van der Waals surface area contributed by atoms with Gasteiger partial charge in [-0.1, -0.05) is 11.3 Å². The summed E-state index contributed by atoms with van der Waals surface area (Å²) in [6.45, 7) is 3.69. The Balaban J connectivity index is 3.98. The van der Waals surface area contributed by atoms with Crippen molar-refractivity contribution in [2.24, 2.45) is 0 Å². The molecular weight excluding hydrogens is 242 g/mol. The molecule has 8 heteroatoms. The fraction of sp³-hybridized carbons (Fsp3) is 0.500. The van der Waals surface area contributed by atoms with E-state index in [0.29, 0.717) is 0 Å². The molecule has 0 heterocycles. The summed E-state index contributed by atoms with van der Waals surface area (Å²) in [5, 5.41) is 0.998. The van der Waals surface area contributed by atoms with E-state index in [0.717, 1.165) is 5.20 Å². The number of hydrogen-bond donors (Lipinski definition) is 0. The highest BCUT2D eigenvalue weighted by Crippen LogP contribution is 2.51. The average Bonchev–Trinajstić information content (AvgIpc) is 2.13. The van der Waals surface area contributed by atoms with Crippen LogP contribution in [0.1, 0.15) is 13.8 Å². The maximum Gasteiger partial charge on any atom is 0.497 e. The maximum absolute atomic E-state index is 11.0. The topological polar surface area (TPSA) is 44.8 Å². The van der Waals surface area contributed by atoms with Gasteiger partial charge >= 0.3 is 7.82 Å². The van der Waals surface area contributed by atoms with Crippen LogP contribution in [0.3, 0.4) is 0 Å².